The zero-order valence-corrected chi connectivity index (χ0v) is 28.8. The number of carboxylic acid groups (broad SMARTS) is 1. The van der Waals surface area contributed by atoms with Crippen LogP contribution in [0.4, 0.5) is 5.69 Å². The molecular weight excluding hydrogens is 666 g/mol. The summed E-state index contributed by atoms with van der Waals surface area (Å²) in [5, 5.41) is 47.7. The Morgan fingerprint density at radius 1 is 0.902 bits per heavy atom. The number of non-ortho nitro benzene ring substituents is 1. The molecular formula is C33H47N9O9. The molecule has 11 N–H and O–H groups in total. The van der Waals surface area contributed by atoms with Crippen molar-refractivity contribution in [2.75, 3.05) is 20.1 Å². The number of nitrogens with two attached hydrogens (primary N) is 2. The summed E-state index contributed by atoms with van der Waals surface area (Å²) < 4.78 is 0. The molecule has 51 heavy (non-hydrogen) atoms. The summed E-state index contributed by atoms with van der Waals surface area (Å²) in [5.41, 5.74) is 12.3. The van der Waals surface area contributed by atoms with Gasteiger partial charge in [0.15, 0.2) is 5.96 Å². The summed E-state index contributed by atoms with van der Waals surface area (Å²) in [7, 11) is 1.36. The number of aliphatic carboxylic acids is 1. The molecule has 4 atom stereocenters. The maximum Gasteiger partial charge on any atom is 0.326 e. The molecule has 0 aliphatic heterocycles. The molecule has 18 nitrogen and oxygen atoms in total. The summed E-state index contributed by atoms with van der Waals surface area (Å²) in [6.45, 7) is 3.31. The molecule has 18 heteroatoms. The predicted octanol–water partition coefficient (Wildman–Crippen LogP) is -0.280. The van der Waals surface area contributed by atoms with Crippen molar-refractivity contribution in [1.29, 1.82) is 5.41 Å². The van der Waals surface area contributed by atoms with Crippen molar-refractivity contribution in [2.24, 2.45) is 17.4 Å². The number of carbonyl (C=O) groups excluding carboxylic acids is 4. The fraction of sp³-hybridized carbons (Fsp3) is 0.455. The third kappa shape index (κ3) is 14.7. The molecule has 0 fully saturated rings. The van der Waals surface area contributed by atoms with Crippen LogP contribution in [0.3, 0.4) is 0 Å². The highest BCUT2D eigenvalue weighted by Gasteiger charge is 2.31. The molecule has 0 saturated heterocycles. The number of nitrogens with one attached hydrogen (secondary N) is 5. The average Bonchev–Trinajstić information content (AvgIpc) is 3.05. The van der Waals surface area contributed by atoms with E-state index < -0.39 is 65.2 Å². The number of phenolic OH excluding ortho intramolecular Hbond substituents is 1. The second-order valence-corrected chi connectivity index (χ2v) is 12.5. The summed E-state index contributed by atoms with van der Waals surface area (Å²) in [5.74, 6) is -4.52. The van der Waals surface area contributed by atoms with E-state index in [-0.39, 0.29) is 62.0 Å². The minimum atomic E-state index is -1.32. The van der Waals surface area contributed by atoms with Gasteiger partial charge in [-0.25, -0.2) is 4.79 Å². The Morgan fingerprint density at radius 3 is 2.00 bits per heavy atom. The smallest absolute Gasteiger partial charge is 0.326 e. The molecule has 2 aromatic rings. The molecule has 0 unspecified atom stereocenters. The number of carbonyl (C=O) groups is 5. The number of hydrogen-bond donors (Lipinski definition) is 9. The van der Waals surface area contributed by atoms with Crippen molar-refractivity contribution in [3.8, 4) is 5.75 Å². The van der Waals surface area contributed by atoms with Crippen LogP contribution in [0.15, 0.2) is 48.5 Å². The molecule has 0 saturated carbocycles. The van der Waals surface area contributed by atoms with Crippen LogP contribution in [0.2, 0.25) is 0 Å². The summed E-state index contributed by atoms with van der Waals surface area (Å²) in [6, 6.07) is 6.60. The number of guanidine groups is 1. The van der Waals surface area contributed by atoms with Gasteiger partial charge in [0.2, 0.25) is 23.6 Å². The number of hydrogen-bond acceptors (Lipinski definition) is 10. The van der Waals surface area contributed by atoms with E-state index in [0.29, 0.717) is 11.1 Å². The van der Waals surface area contributed by atoms with Gasteiger partial charge in [0.05, 0.1) is 17.5 Å². The van der Waals surface area contributed by atoms with Gasteiger partial charge in [0.1, 0.15) is 23.9 Å². The number of carboxylic acids is 1. The Kier molecular flexibility index (Phi) is 16.3. The zero-order valence-electron chi connectivity index (χ0n) is 28.8. The van der Waals surface area contributed by atoms with E-state index in [1.807, 2.05) is 0 Å². The lowest BCUT2D eigenvalue weighted by Gasteiger charge is -2.26. The van der Waals surface area contributed by atoms with E-state index in [2.05, 4.69) is 21.3 Å². The lowest BCUT2D eigenvalue weighted by Crippen LogP contribution is -2.57. The van der Waals surface area contributed by atoms with Crippen molar-refractivity contribution in [1.82, 2.24) is 26.2 Å². The molecule has 0 aliphatic carbocycles. The van der Waals surface area contributed by atoms with Crippen molar-refractivity contribution >= 4 is 41.2 Å². The number of nitro groups is 1. The monoisotopic (exact) mass is 713 g/mol. The van der Waals surface area contributed by atoms with Crippen LogP contribution < -0.4 is 32.7 Å². The molecule has 0 radical (unpaired) electrons. The molecule has 0 aliphatic rings. The third-order valence-electron chi connectivity index (χ3n) is 7.64. The van der Waals surface area contributed by atoms with Crippen LogP contribution in [0, 0.1) is 21.4 Å². The maximum atomic E-state index is 13.7. The quantitative estimate of drug-likeness (QED) is 0.0281. The fourth-order valence-electron chi connectivity index (χ4n) is 5.02. The van der Waals surface area contributed by atoms with Gasteiger partial charge in [-0.2, -0.15) is 0 Å². The van der Waals surface area contributed by atoms with Crippen molar-refractivity contribution in [3.05, 3.63) is 69.8 Å². The Bertz CT molecular complexity index is 1540. The molecule has 2 rings (SSSR count). The van der Waals surface area contributed by atoms with Crippen LogP contribution in [0.5, 0.6) is 5.75 Å². The number of aromatic hydroxyl groups is 1. The zero-order chi connectivity index (χ0) is 38.2. The van der Waals surface area contributed by atoms with Crippen molar-refractivity contribution in [3.63, 3.8) is 0 Å². The molecule has 0 heterocycles. The maximum absolute atomic E-state index is 13.7. The van der Waals surface area contributed by atoms with Crippen LogP contribution in [0.25, 0.3) is 0 Å². The summed E-state index contributed by atoms with van der Waals surface area (Å²) in [4.78, 5) is 76.7. The highest BCUT2D eigenvalue weighted by molar-refractivity contribution is 5.94. The number of benzene rings is 2. The largest absolute Gasteiger partial charge is 0.508 e. The van der Waals surface area contributed by atoms with E-state index in [4.69, 9.17) is 16.9 Å². The van der Waals surface area contributed by atoms with E-state index in [1.54, 1.807) is 26.0 Å². The van der Waals surface area contributed by atoms with Crippen molar-refractivity contribution in [2.45, 2.75) is 70.1 Å². The second kappa shape index (κ2) is 20.0. The third-order valence-corrected chi connectivity index (χ3v) is 7.64. The molecule has 0 aromatic heterocycles. The SMILES string of the molecule is CC(C)C[C@H](NC(=O)[C@H](Cc1ccc([N+](=O)[O-])cc1)NC(=O)CN(C)C(=O)[C@@H](N)Cc1ccc(O)cc1)C(=O)N[C@@H](CCCNC(=N)N)C(=O)O. The summed E-state index contributed by atoms with van der Waals surface area (Å²) in [6.07, 6.45) is 0.371. The fourth-order valence-corrected chi connectivity index (χ4v) is 5.02. The first-order valence-corrected chi connectivity index (χ1v) is 16.2. The van der Waals surface area contributed by atoms with Gasteiger partial charge >= 0.3 is 5.97 Å². The standard InChI is InChI=1S/C33H47N9O9/c1-19(2)15-26(29(45)39-25(32(48)49)5-4-14-37-33(35)36)40-30(46)27(17-21-6-10-22(11-7-21)42(50)51)38-28(44)18-41(3)31(47)24(34)16-20-8-12-23(43)13-9-20/h6-13,19,24-27,43H,4-5,14-18,34H2,1-3H3,(H,38,44)(H,39,45)(H,40,46)(H,48,49)(H4,35,36,37)/t24-,25-,26-,27-/m0/s1. The minimum absolute atomic E-state index is 0.00730. The number of nitrogens with zero attached hydrogens (tertiary/aromatic N) is 2. The van der Waals surface area contributed by atoms with Gasteiger partial charge in [-0.1, -0.05) is 38.1 Å². The van der Waals surface area contributed by atoms with Crippen LogP contribution in [0.1, 0.15) is 44.2 Å². The molecule has 0 spiro atoms. The average molecular weight is 714 g/mol. The first kappa shape index (κ1) is 41.4. The van der Waals surface area contributed by atoms with Gasteiger partial charge in [-0.05, 0) is 54.9 Å². The lowest BCUT2D eigenvalue weighted by atomic mass is 10.00. The number of nitro benzene ring substituents is 1. The van der Waals surface area contributed by atoms with Crippen LogP contribution in [-0.2, 0) is 36.8 Å². The number of phenols is 1. The van der Waals surface area contributed by atoms with Gasteiger partial charge in [-0.15, -0.1) is 0 Å². The highest BCUT2D eigenvalue weighted by Crippen LogP contribution is 2.15. The Morgan fingerprint density at radius 2 is 1.45 bits per heavy atom. The van der Waals surface area contributed by atoms with E-state index in [9.17, 15) is 44.3 Å². The van der Waals surface area contributed by atoms with Gasteiger partial charge in [0.25, 0.3) is 5.69 Å². The van der Waals surface area contributed by atoms with E-state index >= 15 is 0 Å². The number of rotatable bonds is 20. The number of likely N-dealkylation sites (N-methyl/N-ethyl adjacent to an activating group) is 1. The molecule has 2 aromatic carbocycles. The van der Waals surface area contributed by atoms with E-state index in [1.165, 1.54) is 43.4 Å². The molecule has 0 bridgehead atoms. The topological polar surface area (TPSA) is 296 Å². The first-order valence-electron chi connectivity index (χ1n) is 16.2. The van der Waals surface area contributed by atoms with Crippen molar-refractivity contribution < 1.29 is 39.1 Å². The Balaban J connectivity index is 2.22. The number of amides is 4. The lowest BCUT2D eigenvalue weighted by molar-refractivity contribution is -0.384. The van der Waals surface area contributed by atoms with Crippen LogP contribution in [-0.4, -0.2) is 99.9 Å². The second-order valence-electron chi connectivity index (χ2n) is 12.5. The first-order chi connectivity index (χ1) is 24.0. The Labute approximate surface area is 295 Å². The Hall–Kier alpha value is -5.78. The molecule has 278 valence electrons. The molecule has 4 amide bonds. The summed E-state index contributed by atoms with van der Waals surface area (Å²) >= 11 is 0. The minimum Gasteiger partial charge on any atom is -0.508 e. The van der Waals surface area contributed by atoms with Gasteiger partial charge in [0, 0.05) is 32.1 Å². The highest BCUT2D eigenvalue weighted by atomic mass is 16.6. The van der Waals surface area contributed by atoms with Gasteiger partial charge < -0.3 is 47.8 Å². The van der Waals surface area contributed by atoms with Gasteiger partial charge in [-0.3, -0.25) is 34.7 Å². The van der Waals surface area contributed by atoms with Crippen LogP contribution >= 0.6 is 0 Å². The predicted molar refractivity (Wildman–Crippen MR) is 186 cm³/mol. The van der Waals surface area contributed by atoms with E-state index in [0.717, 1.165) is 4.90 Å². The normalized spacial score (nSPS) is 13.2.